The number of hydrogen-bond acceptors (Lipinski definition) is 3. The molecule has 0 amide bonds. The molecule has 0 radical (unpaired) electrons. The van der Waals surface area contributed by atoms with Crippen LogP contribution in [0.25, 0.3) is 0 Å². The van der Waals surface area contributed by atoms with Crippen molar-refractivity contribution in [3.05, 3.63) is 107 Å². The Labute approximate surface area is 176 Å². The molecule has 0 aliphatic rings. The van der Waals surface area contributed by atoms with E-state index in [1.807, 2.05) is 12.1 Å². The summed E-state index contributed by atoms with van der Waals surface area (Å²) in [6.07, 6.45) is 2.19. The zero-order valence-electron chi connectivity index (χ0n) is 17.0. The average molecular weight is 418 g/mol. The molecule has 6 heteroatoms. The molecule has 0 fully saturated rings. The molecule has 0 aliphatic heterocycles. The molecule has 162 valence electrons. The van der Waals surface area contributed by atoms with Crippen LogP contribution in [0, 0.1) is 17.5 Å². The molecule has 0 saturated heterocycles. The van der Waals surface area contributed by atoms with Crippen LogP contribution in [-0.4, -0.2) is 19.6 Å². The Kier molecular flexibility index (Phi) is 12.9. The molecule has 3 aromatic carbocycles. The first-order valence-electron chi connectivity index (χ1n) is 9.82. The molecule has 0 atom stereocenters. The van der Waals surface area contributed by atoms with E-state index in [2.05, 4.69) is 0 Å². The van der Waals surface area contributed by atoms with Crippen molar-refractivity contribution in [3.63, 3.8) is 0 Å². The van der Waals surface area contributed by atoms with Crippen molar-refractivity contribution in [2.45, 2.75) is 19.3 Å². The van der Waals surface area contributed by atoms with Gasteiger partial charge in [0.1, 0.15) is 17.5 Å². The summed E-state index contributed by atoms with van der Waals surface area (Å²) in [7, 11) is 0. The minimum Gasteiger partial charge on any atom is -0.330 e. The van der Waals surface area contributed by atoms with Crippen LogP contribution in [0.1, 0.15) is 16.7 Å². The number of halogens is 3. The molecular formula is C24H30F3N3. The van der Waals surface area contributed by atoms with Gasteiger partial charge in [0.05, 0.1) is 0 Å². The first-order valence-corrected chi connectivity index (χ1v) is 9.82. The highest BCUT2D eigenvalue weighted by atomic mass is 19.1. The fraction of sp³-hybridized carbons (Fsp3) is 0.250. The van der Waals surface area contributed by atoms with E-state index in [1.165, 1.54) is 30.3 Å². The molecule has 0 aliphatic carbocycles. The average Bonchev–Trinajstić information content (AvgIpc) is 2.73. The van der Waals surface area contributed by atoms with Crippen LogP contribution in [0.2, 0.25) is 0 Å². The second-order valence-electron chi connectivity index (χ2n) is 6.46. The van der Waals surface area contributed by atoms with E-state index in [4.69, 9.17) is 17.2 Å². The first-order chi connectivity index (χ1) is 14.5. The van der Waals surface area contributed by atoms with Gasteiger partial charge in [-0.15, -0.1) is 0 Å². The van der Waals surface area contributed by atoms with Gasteiger partial charge in [0, 0.05) is 0 Å². The minimum absolute atomic E-state index is 0.159. The van der Waals surface area contributed by atoms with E-state index in [1.54, 1.807) is 30.3 Å². The Morgan fingerprint density at radius 2 is 1.13 bits per heavy atom. The summed E-state index contributed by atoms with van der Waals surface area (Å²) in [5.74, 6) is -0.542. The standard InChI is InChI=1S/3C8H10FN/c9-8-3-1-7(2-4-8)5-6-10;9-8-3-1-2-7(6-8)4-5-10;9-8-4-2-1-3-7(8)5-6-10/h1-4H,5-6,10H2;1-3,6H,4-5,10H2;1-4H,5-6,10H2. The third kappa shape index (κ3) is 10.8. The van der Waals surface area contributed by atoms with Gasteiger partial charge in [-0.3, -0.25) is 0 Å². The summed E-state index contributed by atoms with van der Waals surface area (Å²) in [4.78, 5) is 0. The highest BCUT2D eigenvalue weighted by Gasteiger charge is 1.96. The van der Waals surface area contributed by atoms with Crippen molar-refractivity contribution in [1.29, 1.82) is 0 Å². The van der Waals surface area contributed by atoms with Gasteiger partial charge >= 0.3 is 0 Å². The first kappa shape index (κ1) is 25.4. The van der Waals surface area contributed by atoms with Crippen molar-refractivity contribution in [2.24, 2.45) is 17.2 Å². The van der Waals surface area contributed by atoms with Crippen LogP contribution in [0.4, 0.5) is 13.2 Å². The van der Waals surface area contributed by atoms with E-state index in [0.29, 0.717) is 31.6 Å². The van der Waals surface area contributed by atoms with Crippen LogP contribution in [0.3, 0.4) is 0 Å². The fourth-order valence-corrected chi connectivity index (χ4v) is 2.53. The SMILES string of the molecule is NCCc1ccc(F)cc1.NCCc1cccc(F)c1.NCCc1ccccc1F. The molecule has 0 spiro atoms. The summed E-state index contributed by atoms with van der Waals surface area (Å²) in [5, 5.41) is 0. The second kappa shape index (κ2) is 15.2. The lowest BCUT2D eigenvalue weighted by molar-refractivity contribution is 0.609. The Morgan fingerprint density at radius 3 is 1.70 bits per heavy atom. The molecule has 0 heterocycles. The van der Waals surface area contributed by atoms with E-state index in [-0.39, 0.29) is 17.5 Å². The molecule has 30 heavy (non-hydrogen) atoms. The van der Waals surface area contributed by atoms with Crippen molar-refractivity contribution >= 4 is 0 Å². The number of rotatable bonds is 6. The van der Waals surface area contributed by atoms with E-state index < -0.39 is 0 Å². The molecule has 3 rings (SSSR count). The predicted octanol–water partition coefficient (Wildman–Crippen LogP) is 3.98. The van der Waals surface area contributed by atoms with E-state index >= 15 is 0 Å². The van der Waals surface area contributed by atoms with Crippen LogP contribution >= 0.6 is 0 Å². The Balaban J connectivity index is 0.000000225. The monoisotopic (exact) mass is 417 g/mol. The molecule has 3 aromatic rings. The minimum atomic E-state index is -0.194. The van der Waals surface area contributed by atoms with Gasteiger partial charge in [0.25, 0.3) is 0 Å². The molecular weight excluding hydrogens is 387 g/mol. The van der Waals surface area contributed by atoms with Crippen LogP contribution in [0.15, 0.2) is 72.8 Å². The lowest BCUT2D eigenvalue weighted by atomic mass is 10.1. The van der Waals surface area contributed by atoms with E-state index in [9.17, 15) is 13.2 Å². The lowest BCUT2D eigenvalue weighted by Gasteiger charge is -1.97. The quantitative estimate of drug-likeness (QED) is 0.568. The van der Waals surface area contributed by atoms with Gasteiger partial charge < -0.3 is 17.2 Å². The van der Waals surface area contributed by atoms with Crippen molar-refractivity contribution < 1.29 is 13.2 Å². The third-order valence-corrected chi connectivity index (χ3v) is 4.04. The molecule has 3 nitrogen and oxygen atoms in total. The van der Waals surface area contributed by atoms with Crippen molar-refractivity contribution in [3.8, 4) is 0 Å². The molecule has 0 saturated carbocycles. The fourth-order valence-electron chi connectivity index (χ4n) is 2.53. The summed E-state index contributed by atoms with van der Waals surface area (Å²) < 4.78 is 37.5. The van der Waals surface area contributed by atoms with Crippen LogP contribution < -0.4 is 17.2 Å². The second-order valence-corrected chi connectivity index (χ2v) is 6.46. The maximum atomic E-state index is 12.7. The van der Waals surface area contributed by atoms with Crippen LogP contribution in [-0.2, 0) is 19.3 Å². The molecule has 0 aromatic heterocycles. The largest absolute Gasteiger partial charge is 0.330 e. The van der Waals surface area contributed by atoms with Gasteiger partial charge in [-0.25, -0.2) is 13.2 Å². The highest BCUT2D eigenvalue weighted by Crippen LogP contribution is 2.05. The van der Waals surface area contributed by atoms with Gasteiger partial charge in [-0.2, -0.15) is 0 Å². The van der Waals surface area contributed by atoms with Crippen molar-refractivity contribution in [1.82, 2.24) is 0 Å². The van der Waals surface area contributed by atoms with Gasteiger partial charge in [0.2, 0.25) is 0 Å². The molecule has 0 unspecified atom stereocenters. The smallest absolute Gasteiger partial charge is 0.126 e. The topological polar surface area (TPSA) is 78.1 Å². The van der Waals surface area contributed by atoms with Crippen molar-refractivity contribution in [2.75, 3.05) is 19.6 Å². The Hall–Kier alpha value is -2.67. The zero-order chi connectivity index (χ0) is 22.2. The van der Waals surface area contributed by atoms with E-state index in [0.717, 1.165) is 24.0 Å². The molecule has 6 N–H and O–H groups in total. The number of hydrogen-bond donors (Lipinski definition) is 3. The summed E-state index contributed by atoms with van der Waals surface area (Å²) in [6.45, 7) is 1.69. The number of benzene rings is 3. The number of nitrogens with two attached hydrogens (primary N) is 3. The normalized spacial score (nSPS) is 9.80. The molecule has 0 bridgehead atoms. The van der Waals surface area contributed by atoms with Gasteiger partial charge in [0.15, 0.2) is 0 Å². The predicted molar refractivity (Wildman–Crippen MR) is 117 cm³/mol. The van der Waals surface area contributed by atoms with Gasteiger partial charge in [-0.05, 0) is 85.9 Å². The maximum absolute atomic E-state index is 12.7. The van der Waals surface area contributed by atoms with Crippen LogP contribution in [0.5, 0.6) is 0 Å². The maximum Gasteiger partial charge on any atom is 0.126 e. The van der Waals surface area contributed by atoms with Gasteiger partial charge in [-0.1, -0.05) is 42.5 Å². The highest BCUT2D eigenvalue weighted by molar-refractivity contribution is 5.18. The summed E-state index contributed by atoms with van der Waals surface area (Å²) in [5.41, 5.74) is 18.6. The Bertz CT molecular complexity index is 839. The lowest BCUT2D eigenvalue weighted by Crippen LogP contribution is -2.03. The summed E-state index contributed by atoms with van der Waals surface area (Å²) >= 11 is 0. The Morgan fingerprint density at radius 1 is 0.533 bits per heavy atom. The third-order valence-electron chi connectivity index (χ3n) is 4.04. The zero-order valence-corrected chi connectivity index (χ0v) is 17.0. The summed E-state index contributed by atoms with van der Waals surface area (Å²) in [6, 6.07) is 19.6.